The van der Waals surface area contributed by atoms with Crippen LogP contribution in [-0.2, 0) is 6.61 Å². The molecule has 0 N–H and O–H groups in total. The molecule has 0 atom stereocenters. The number of halogens is 2. The zero-order valence-corrected chi connectivity index (χ0v) is 13.2. The summed E-state index contributed by atoms with van der Waals surface area (Å²) in [6, 6.07) is 5.74. The van der Waals surface area contributed by atoms with E-state index < -0.39 is 0 Å². The van der Waals surface area contributed by atoms with Crippen LogP contribution in [0.15, 0.2) is 31.7 Å². The number of aromatic nitrogens is 2. The molecule has 0 radical (unpaired) electrons. The van der Waals surface area contributed by atoms with Crippen LogP contribution in [0.25, 0.3) is 0 Å². The van der Waals surface area contributed by atoms with Gasteiger partial charge in [0.1, 0.15) is 5.75 Å². The van der Waals surface area contributed by atoms with Crippen LogP contribution in [0, 0.1) is 0 Å². The number of hydrogen-bond acceptors (Lipinski definition) is 4. The lowest BCUT2D eigenvalue weighted by molar-refractivity contribution is 0.240. The van der Waals surface area contributed by atoms with Gasteiger partial charge < -0.3 is 9.26 Å². The van der Waals surface area contributed by atoms with E-state index >= 15 is 0 Å². The third-order valence-electron chi connectivity index (χ3n) is 2.26. The molecular weight excluding hydrogens is 364 g/mol. The summed E-state index contributed by atoms with van der Waals surface area (Å²) in [7, 11) is 0. The Hall–Kier alpha value is -0.880. The van der Waals surface area contributed by atoms with Crippen LogP contribution in [0.1, 0.15) is 31.5 Å². The summed E-state index contributed by atoms with van der Waals surface area (Å²) in [6.07, 6.45) is 0. The van der Waals surface area contributed by atoms with Crippen molar-refractivity contribution < 1.29 is 9.26 Å². The average molecular weight is 376 g/mol. The second kappa shape index (κ2) is 5.84. The molecular formula is C12H12Br2N2O2. The predicted octanol–water partition coefficient (Wildman–Crippen LogP) is 4.30. The first-order chi connectivity index (χ1) is 8.58. The maximum atomic E-state index is 5.66. The first-order valence-corrected chi connectivity index (χ1v) is 7.06. The van der Waals surface area contributed by atoms with Gasteiger partial charge in [0.05, 0.1) is 8.95 Å². The van der Waals surface area contributed by atoms with Crippen molar-refractivity contribution in [3.8, 4) is 5.75 Å². The molecule has 2 aromatic rings. The van der Waals surface area contributed by atoms with E-state index in [1.54, 1.807) is 0 Å². The molecule has 96 valence electrons. The molecule has 18 heavy (non-hydrogen) atoms. The second-order valence-electron chi connectivity index (χ2n) is 4.04. The van der Waals surface area contributed by atoms with Gasteiger partial charge in [0.25, 0.3) is 5.89 Å². The van der Waals surface area contributed by atoms with Crippen molar-refractivity contribution in [2.75, 3.05) is 0 Å². The number of ether oxygens (including phenoxy) is 1. The number of nitrogens with zero attached hydrogens (tertiary/aromatic N) is 2. The predicted molar refractivity (Wildman–Crippen MR) is 74.6 cm³/mol. The molecule has 1 aromatic heterocycles. The molecule has 0 saturated carbocycles. The fourth-order valence-electron chi connectivity index (χ4n) is 1.32. The van der Waals surface area contributed by atoms with Crippen LogP contribution in [0.3, 0.4) is 0 Å². The maximum absolute atomic E-state index is 5.66. The Kier molecular flexibility index (Phi) is 4.40. The van der Waals surface area contributed by atoms with Gasteiger partial charge in [-0.2, -0.15) is 4.98 Å². The lowest BCUT2D eigenvalue weighted by Crippen LogP contribution is -1.98. The summed E-state index contributed by atoms with van der Waals surface area (Å²) in [6.45, 7) is 4.28. The van der Waals surface area contributed by atoms with Gasteiger partial charge in [-0.15, -0.1) is 0 Å². The zero-order valence-electron chi connectivity index (χ0n) is 9.98. The van der Waals surface area contributed by atoms with Gasteiger partial charge in [-0.1, -0.05) is 25.1 Å². The molecule has 0 spiro atoms. The molecule has 0 aliphatic rings. The Labute approximate surface area is 122 Å². The van der Waals surface area contributed by atoms with Gasteiger partial charge in [-0.3, -0.25) is 0 Å². The van der Waals surface area contributed by atoms with E-state index in [1.165, 1.54) is 0 Å². The van der Waals surface area contributed by atoms with Crippen LogP contribution < -0.4 is 4.74 Å². The molecule has 1 heterocycles. The van der Waals surface area contributed by atoms with Crippen molar-refractivity contribution in [3.63, 3.8) is 0 Å². The molecule has 0 amide bonds. The van der Waals surface area contributed by atoms with E-state index in [0.29, 0.717) is 11.7 Å². The SMILES string of the molecule is CC(C)c1noc(COc2c(Br)cccc2Br)n1. The van der Waals surface area contributed by atoms with Gasteiger partial charge in [0.15, 0.2) is 12.4 Å². The number of para-hydroxylation sites is 1. The Morgan fingerprint density at radius 1 is 1.28 bits per heavy atom. The van der Waals surface area contributed by atoms with E-state index in [1.807, 2.05) is 32.0 Å². The average Bonchev–Trinajstić information content (AvgIpc) is 2.77. The minimum atomic E-state index is 0.248. The summed E-state index contributed by atoms with van der Waals surface area (Å²) in [4.78, 5) is 4.25. The molecule has 1 aromatic carbocycles. The Bertz CT molecular complexity index is 520. The minimum Gasteiger partial charge on any atom is -0.481 e. The molecule has 4 nitrogen and oxygen atoms in total. The van der Waals surface area contributed by atoms with Crippen LogP contribution >= 0.6 is 31.9 Å². The lowest BCUT2D eigenvalue weighted by Gasteiger charge is -2.07. The van der Waals surface area contributed by atoms with Crippen LogP contribution in [0.4, 0.5) is 0 Å². The largest absolute Gasteiger partial charge is 0.481 e. The first kappa shape index (κ1) is 13.5. The maximum Gasteiger partial charge on any atom is 0.264 e. The van der Waals surface area contributed by atoms with E-state index in [-0.39, 0.29) is 12.5 Å². The van der Waals surface area contributed by atoms with E-state index in [2.05, 4.69) is 42.0 Å². The minimum absolute atomic E-state index is 0.248. The van der Waals surface area contributed by atoms with Gasteiger partial charge in [0, 0.05) is 5.92 Å². The Balaban J connectivity index is 2.07. The topological polar surface area (TPSA) is 48.2 Å². The van der Waals surface area contributed by atoms with E-state index in [0.717, 1.165) is 14.7 Å². The fourth-order valence-corrected chi connectivity index (χ4v) is 2.54. The molecule has 2 rings (SSSR count). The second-order valence-corrected chi connectivity index (χ2v) is 5.75. The summed E-state index contributed by atoms with van der Waals surface area (Å²) >= 11 is 6.85. The van der Waals surface area contributed by atoms with Crippen LogP contribution in [-0.4, -0.2) is 10.1 Å². The Morgan fingerprint density at radius 3 is 2.50 bits per heavy atom. The lowest BCUT2D eigenvalue weighted by atomic mass is 10.2. The number of rotatable bonds is 4. The smallest absolute Gasteiger partial charge is 0.264 e. The molecule has 0 aliphatic carbocycles. The van der Waals surface area contributed by atoms with Gasteiger partial charge >= 0.3 is 0 Å². The van der Waals surface area contributed by atoms with Gasteiger partial charge in [-0.25, -0.2) is 0 Å². The zero-order chi connectivity index (χ0) is 13.1. The van der Waals surface area contributed by atoms with Crippen LogP contribution in [0.2, 0.25) is 0 Å². The summed E-state index contributed by atoms with van der Waals surface area (Å²) in [5.74, 6) is 2.14. The summed E-state index contributed by atoms with van der Waals surface area (Å²) < 4.78 is 12.5. The quantitative estimate of drug-likeness (QED) is 0.799. The number of hydrogen-bond donors (Lipinski definition) is 0. The molecule has 0 fully saturated rings. The monoisotopic (exact) mass is 374 g/mol. The van der Waals surface area contributed by atoms with Crippen molar-refractivity contribution in [1.82, 2.24) is 10.1 Å². The van der Waals surface area contributed by atoms with E-state index in [9.17, 15) is 0 Å². The van der Waals surface area contributed by atoms with Crippen molar-refractivity contribution in [2.24, 2.45) is 0 Å². The Morgan fingerprint density at radius 2 is 1.94 bits per heavy atom. The van der Waals surface area contributed by atoms with Crippen LogP contribution in [0.5, 0.6) is 5.75 Å². The molecule has 0 unspecified atom stereocenters. The van der Waals surface area contributed by atoms with Gasteiger partial charge in [0.2, 0.25) is 0 Å². The highest BCUT2D eigenvalue weighted by Crippen LogP contribution is 2.33. The summed E-state index contributed by atoms with van der Waals surface area (Å²) in [5.41, 5.74) is 0. The molecule has 0 aliphatic heterocycles. The van der Waals surface area contributed by atoms with Crippen molar-refractivity contribution in [3.05, 3.63) is 38.9 Å². The van der Waals surface area contributed by atoms with E-state index in [4.69, 9.17) is 9.26 Å². The van der Waals surface area contributed by atoms with Crippen molar-refractivity contribution in [1.29, 1.82) is 0 Å². The van der Waals surface area contributed by atoms with Gasteiger partial charge in [-0.05, 0) is 44.0 Å². The summed E-state index contributed by atoms with van der Waals surface area (Å²) in [5, 5.41) is 3.88. The normalized spacial score (nSPS) is 10.9. The fraction of sp³-hybridized carbons (Fsp3) is 0.333. The third-order valence-corrected chi connectivity index (χ3v) is 3.51. The highest BCUT2D eigenvalue weighted by molar-refractivity contribution is 9.11. The van der Waals surface area contributed by atoms with Crippen molar-refractivity contribution in [2.45, 2.75) is 26.4 Å². The standard InChI is InChI=1S/C12H12Br2N2O2/c1-7(2)12-15-10(18-16-12)6-17-11-8(13)4-3-5-9(11)14/h3-5,7H,6H2,1-2H3. The van der Waals surface area contributed by atoms with Crippen molar-refractivity contribution >= 4 is 31.9 Å². The third kappa shape index (κ3) is 3.11. The molecule has 0 saturated heterocycles. The first-order valence-electron chi connectivity index (χ1n) is 5.47. The number of benzene rings is 1. The highest BCUT2D eigenvalue weighted by atomic mass is 79.9. The molecule has 0 bridgehead atoms. The molecule has 6 heteroatoms. The highest BCUT2D eigenvalue weighted by Gasteiger charge is 2.12.